The molecule has 0 fully saturated rings. The first-order chi connectivity index (χ1) is 16.4. The van der Waals surface area contributed by atoms with Crippen LogP contribution in [0.3, 0.4) is 0 Å². The highest BCUT2D eigenvalue weighted by atomic mass is 19.1. The predicted octanol–water partition coefficient (Wildman–Crippen LogP) is 2.20. The maximum absolute atomic E-state index is 13.2. The van der Waals surface area contributed by atoms with Gasteiger partial charge in [-0.2, -0.15) is 20.4 Å². The Morgan fingerprint density at radius 2 is 2.00 bits per heavy atom. The summed E-state index contributed by atoms with van der Waals surface area (Å²) in [5, 5.41) is 21.0. The largest absolute Gasteiger partial charge is 0.382 e. The standard InChI is InChI=1S/C23H24FN9O/c1-14-18(15(2)32-23(30-14)28-13-29-32)9-10-21(34)27-11-3-4-20-19(12-25)22(26)33(31-20)17-7-5-16(24)6-8-17/h5-8,13H,3-4,9-11,26H2,1-2H3,(H,27,34). The fourth-order valence-electron chi connectivity index (χ4n) is 3.88. The molecule has 0 radical (unpaired) electrons. The number of nitrogens with two attached hydrogens (primary N) is 1. The van der Waals surface area contributed by atoms with Gasteiger partial charge in [-0.25, -0.2) is 18.6 Å². The zero-order valence-corrected chi connectivity index (χ0v) is 18.9. The molecule has 1 amide bonds. The molecule has 3 heterocycles. The highest BCUT2D eigenvalue weighted by molar-refractivity contribution is 5.76. The van der Waals surface area contributed by atoms with E-state index in [2.05, 4.69) is 31.6 Å². The van der Waals surface area contributed by atoms with E-state index in [1.165, 1.54) is 23.1 Å². The summed E-state index contributed by atoms with van der Waals surface area (Å²) in [5.74, 6) is 0.306. The van der Waals surface area contributed by atoms with E-state index in [1.54, 1.807) is 16.6 Å². The van der Waals surface area contributed by atoms with E-state index < -0.39 is 0 Å². The lowest BCUT2D eigenvalue weighted by Gasteiger charge is -2.10. The Kier molecular flexibility index (Phi) is 6.49. The molecule has 0 spiro atoms. The van der Waals surface area contributed by atoms with Crippen molar-refractivity contribution in [1.82, 2.24) is 34.7 Å². The average Bonchev–Trinajstić information content (AvgIpc) is 3.41. The Morgan fingerprint density at radius 1 is 1.24 bits per heavy atom. The molecular weight excluding hydrogens is 437 g/mol. The summed E-state index contributed by atoms with van der Waals surface area (Å²) in [6.45, 7) is 4.27. The molecule has 4 aromatic rings. The molecule has 3 aromatic heterocycles. The summed E-state index contributed by atoms with van der Waals surface area (Å²) in [4.78, 5) is 20.9. The van der Waals surface area contributed by atoms with E-state index in [0.717, 1.165) is 17.0 Å². The summed E-state index contributed by atoms with van der Waals surface area (Å²) in [6, 6.07) is 7.79. The second-order valence-corrected chi connectivity index (χ2v) is 7.89. The lowest BCUT2D eigenvalue weighted by atomic mass is 10.1. The van der Waals surface area contributed by atoms with E-state index in [4.69, 9.17) is 5.73 Å². The third kappa shape index (κ3) is 4.56. The molecule has 0 unspecified atom stereocenters. The zero-order valence-electron chi connectivity index (χ0n) is 18.9. The number of hydrogen-bond acceptors (Lipinski definition) is 7. The van der Waals surface area contributed by atoms with Crippen LogP contribution >= 0.6 is 0 Å². The van der Waals surface area contributed by atoms with Crippen molar-refractivity contribution < 1.29 is 9.18 Å². The number of aromatic nitrogens is 6. The average molecular weight is 462 g/mol. The molecule has 0 bridgehead atoms. The maximum Gasteiger partial charge on any atom is 0.252 e. The van der Waals surface area contributed by atoms with Crippen LogP contribution in [-0.4, -0.2) is 41.8 Å². The zero-order chi connectivity index (χ0) is 24.2. The third-order valence-electron chi connectivity index (χ3n) is 5.68. The normalized spacial score (nSPS) is 11.0. The first-order valence-corrected chi connectivity index (χ1v) is 10.8. The molecule has 4 rings (SSSR count). The van der Waals surface area contributed by atoms with Crippen LogP contribution in [-0.2, 0) is 17.6 Å². The molecule has 174 valence electrons. The van der Waals surface area contributed by atoms with Gasteiger partial charge in [0.15, 0.2) is 0 Å². The number of nitriles is 1. The number of amides is 1. The Morgan fingerprint density at radius 3 is 2.74 bits per heavy atom. The van der Waals surface area contributed by atoms with E-state index in [9.17, 15) is 14.4 Å². The van der Waals surface area contributed by atoms with Crippen molar-refractivity contribution in [2.24, 2.45) is 0 Å². The van der Waals surface area contributed by atoms with Gasteiger partial charge in [0, 0.05) is 24.4 Å². The van der Waals surface area contributed by atoms with Gasteiger partial charge in [-0.3, -0.25) is 4.79 Å². The molecule has 10 nitrogen and oxygen atoms in total. The van der Waals surface area contributed by atoms with Crippen LogP contribution in [0.15, 0.2) is 30.6 Å². The topological polar surface area (TPSA) is 140 Å². The van der Waals surface area contributed by atoms with E-state index in [-0.39, 0.29) is 23.1 Å². The fourth-order valence-corrected chi connectivity index (χ4v) is 3.88. The number of nitrogens with one attached hydrogen (secondary N) is 1. The molecular formula is C23H24FN9O. The minimum absolute atomic E-state index is 0.0747. The molecule has 0 saturated carbocycles. The molecule has 0 atom stereocenters. The van der Waals surface area contributed by atoms with Crippen LogP contribution in [0.5, 0.6) is 0 Å². The number of anilines is 1. The summed E-state index contributed by atoms with van der Waals surface area (Å²) in [7, 11) is 0. The van der Waals surface area contributed by atoms with Crippen LogP contribution in [0.2, 0.25) is 0 Å². The number of rotatable bonds is 8. The van der Waals surface area contributed by atoms with Gasteiger partial charge in [-0.05, 0) is 62.9 Å². The number of fused-ring (bicyclic) bond motifs is 1. The number of nitrogen functional groups attached to an aromatic ring is 1. The van der Waals surface area contributed by atoms with Crippen LogP contribution in [0.1, 0.15) is 41.1 Å². The maximum atomic E-state index is 13.2. The number of aryl methyl sites for hydroxylation is 3. The minimum atomic E-state index is -0.369. The number of benzene rings is 1. The van der Waals surface area contributed by atoms with Crippen LogP contribution in [0.4, 0.5) is 10.2 Å². The van der Waals surface area contributed by atoms with Crippen molar-refractivity contribution in [3.8, 4) is 11.8 Å². The van der Waals surface area contributed by atoms with Gasteiger partial charge >= 0.3 is 0 Å². The number of hydrogen-bond donors (Lipinski definition) is 2. The molecule has 0 aliphatic heterocycles. The van der Waals surface area contributed by atoms with Gasteiger partial charge in [0.2, 0.25) is 5.91 Å². The summed E-state index contributed by atoms with van der Waals surface area (Å²) < 4.78 is 16.3. The van der Waals surface area contributed by atoms with Crippen molar-refractivity contribution in [3.63, 3.8) is 0 Å². The Balaban J connectivity index is 1.31. The molecule has 0 aliphatic carbocycles. The predicted molar refractivity (Wildman–Crippen MR) is 123 cm³/mol. The van der Waals surface area contributed by atoms with E-state index in [0.29, 0.717) is 49.4 Å². The molecule has 11 heteroatoms. The second-order valence-electron chi connectivity index (χ2n) is 7.89. The van der Waals surface area contributed by atoms with Crippen molar-refractivity contribution in [2.45, 2.75) is 39.5 Å². The van der Waals surface area contributed by atoms with Gasteiger partial charge in [-0.1, -0.05) is 0 Å². The van der Waals surface area contributed by atoms with Crippen molar-refractivity contribution in [1.29, 1.82) is 5.26 Å². The monoisotopic (exact) mass is 461 g/mol. The van der Waals surface area contributed by atoms with Gasteiger partial charge in [0.1, 0.15) is 29.6 Å². The van der Waals surface area contributed by atoms with Crippen molar-refractivity contribution >= 4 is 17.5 Å². The molecule has 0 saturated heterocycles. The lowest BCUT2D eigenvalue weighted by molar-refractivity contribution is -0.121. The molecule has 0 aliphatic rings. The molecule has 1 aromatic carbocycles. The first-order valence-electron chi connectivity index (χ1n) is 10.8. The molecule has 34 heavy (non-hydrogen) atoms. The van der Waals surface area contributed by atoms with Gasteiger partial charge in [0.25, 0.3) is 5.78 Å². The van der Waals surface area contributed by atoms with Gasteiger partial charge in [0.05, 0.1) is 11.4 Å². The smallest absolute Gasteiger partial charge is 0.252 e. The van der Waals surface area contributed by atoms with E-state index >= 15 is 0 Å². The minimum Gasteiger partial charge on any atom is -0.382 e. The Bertz CT molecular complexity index is 1380. The Hall–Kier alpha value is -4.33. The van der Waals surface area contributed by atoms with Crippen molar-refractivity contribution in [3.05, 3.63) is 64.6 Å². The number of halogens is 1. The summed E-state index contributed by atoms with van der Waals surface area (Å²) >= 11 is 0. The third-order valence-corrected chi connectivity index (χ3v) is 5.68. The second kappa shape index (κ2) is 9.66. The fraction of sp³-hybridized carbons (Fsp3) is 0.304. The van der Waals surface area contributed by atoms with Crippen LogP contribution in [0.25, 0.3) is 11.5 Å². The summed E-state index contributed by atoms with van der Waals surface area (Å²) in [6.07, 6.45) is 3.37. The highest BCUT2D eigenvalue weighted by Crippen LogP contribution is 2.22. The van der Waals surface area contributed by atoms with Gasteiger partial charge < -0.3 is 11.1 Å². The van der Waals surface area contributed by atoms with Crippen LogP contribution in [0, 0.1) is 31.0 Å². The SMILES string of the molecule is Cc1nc2ncnn2c(C)c1CCC(=O)NCCCc1nn(-c2ccc(F)cc2)c(N)c1C#N. The quantitative estimate of drug-likeness (QED) is 0.383. The van der Waals surface area contributed by atoms with Crippen LogP contribution < -0.4 is 11.1 Å². The number of carbonyl (C=O) groups excluding carboxylic acids is 1. The number of nitrogens with zero attached hydrogens (tertiary/aromatic N) is 7. The van der Waals surface area contributed by atoms with Gasteiger partial charge in [-0.15, -0.1) is 0 Å². The first kappa shape index (κ1) is 22.8. The molecule has 3 N–H and O–H groups in total. The van der Waals surface area contributed by atoms with E-state index in [1.807, 2.05) is 13.8 Å². The lowest BCUT2D eigenvalue weighted by Crippen LogP contribution is -2.25. The van der Waals surface area contributed by atoms with Crippen molar-refractivity contribution in [2.75, 3.05) is 12.3 Å². The summed E-state index contributed by atoms with van der Waals surface area (Å²) in [5.41, 5.74) is 10.2. The Labute approximate surface area is 195 Å². The highest BCUT2D eigenvalue weighted by Gasteiger charge is 2.17. The number of carbonyl (C=O) groups is 1.